The van der Waals surface area contributed by atoms with E-state index in [-0.39, 0.29) is 5.91 Å². The smallest absolute Gasteiger partial charge is 0.273 e. The number of carbonyl (C=O) groups excluding carboxylic acids is 1. The molecule has 1 aromatic carbocycles. The average Bonchev–Trinajstić information content (AvgIpc) is 3.15. The van der Waals surface area contributed by atoms with Crippen molar-refractivity contribution < 1.29 is 4.79 Å². The number of rotatable bonds is 4. The van der Waals surface area contributed by atoms with Crippen LogP contribution in [0, 0.1) is 6.92 Å². The Morgan fingerprint density at radius 1 is 1.35 bits per heavy atom. The van der Waals surface area contributed by atoms with Crippen molar-refractivity contribution in [3.05, 3.63) is 52.4 Å². The number of aromatic nitrogens is 4. The maximum atomic E-state index is 12.4. The summed E-state index contributed by atoms with van der Waals surface area (Å²) >= 11 is 7.08. The summed E-state index contributed by atoms with van der Waals surface area (Å²) in [5.41, 5.74) is 3.17. The summed E-state index contributed by atoms with van der Waals surface area (Å²) in [6.07, 6.45) is 1.75. The van der Waals surface area contributed by atoms with E-state index in [4.69, 9.17) is 11.6 Å². The van der Waals surface area contributed by atoms with Crippen LogP contribution in [0.4, 0.5) is 0 Å². The highest BCUT2D eigenvalue weighted by Gasteiger charge is 2.18. The summed E-state index contributed by atoms with van der Waals surface area (Å²) in [7, 11) is 1.86. The van der Waals surface area contributed by atoms with Gasteiger partial charge in [0.1, 0.15) is 0 Å². The summed E-state index contributed by atoms with van der Waals surface area (Å²) in [4.78, 5) is 13.1. The van der Waals surface area contributed by atoms with Crippen molar-refractivity contribution in [2.24, 2.45) is 7.05 Å². The number of nitrogens with zero attached hydrogens (tertiary/aromatic N) is 4. The van der Waals surface area contributed by atoms with Gasteiger partial charge in [-0.3, -0.25) is 9.48 Å². The first-order valence-electron chi connectivity index (χ1n) is 6.90. The highest BCUT2D eigenvalue weighted by Crippen LogP contribution is 2.27. The second-order valence-corrected chi connectivity index (χ2v) is 6.21. The number of hydrogen-bond acceptors (Lipinski definition) is 5. The zero-order valence-electron chi connectivity index (χ0n) is 12.6. The molecule has 0 saturated carbocycles. The maximum absolute atomic E-state index is 12.4. The van der Waals surface area contributed by atoms with Gasteiger partial charge >= 0.3 is 0 Å². The van der Waals surface area contributed by atoms with E-state index in [2.05, 4.69) is 20.0 Å². The van der Waals surface area contributed by atoms with E-state index < -0.39 is 0 Å². The van der Waals surface area contributed by atoms with Gasteiger partial charge in [0, 0.05) is 29.9 Å². The Morgan fingerprint density at radius 3 is 2.74 bits per heavy atom. The summed E-state index contributed by atoms with van der Waals surface area (Å²) in [6.45, 7) is 2.36. The minimum atomic E-state index is -0.257. The average molecular weight is 348 g/mol. The summed E-state index contributed by atoms with van der Waals surface area (Å²) in [5, 5.41) is 11.6. The van der Waals surface area contributed by atoms with Crippen LogP contribution in [0.25, 0.3) is 10.4 Å². The van der Waals surface area contributed by atoms with Gasteiger partial charge in [0.05, 0.1) is 11.1 Å². The Labute approximate surface area is 142 Å². The molecule has 0 unspecified atom stereocenters. The predicted molar refractivity (Wildman–Crippen MR) is 89.5 cm³/mol. The van der Waals surface area contributed by atoms with Crippen LogP contribution >= 0.6 is 23.1 Å². The fourth-order valence-electron chi connectivity index (χ4n) is 2.11. The van der Waals surface area contributed by atoms with Crippen LogP contribution in [0.5, 0.6) is 0 Å². The molecule has 0 aliphatic rings. The molecule has 0 aliphatic heterocycles. The standard InChI is InChI=1S/C15H14ClN5OS/c1-9-11(8-18-21(9)2)7-17-15(22)13-14(23-20-19-13)10-3-5-12(16)6-4-10/h3-6,8H,7H2,1-2H3,(H,17,22). The van der Waals surface area contributed by atoms with Gasteiger partial charge in [-0.1, -0.05) is 28.2 Å². The van der Waals surface area contributed by atoms with E-state index in [1.807, 2.05) is 26.1 Å². The molecule has 23 heavy (non-hydrogen) atoms. The number of halogens is 1. The van der Waals surface area contributed by atoms with Crippen LogP contribution in [-0.4, -0.2) is 25.3 Å². The lowest BCUT2D eigenvalue weighted by Gasteiger charge is -2.05. The van der Waals surface area contributed by atoms with Crippen LogP contribution in [0.1, 0.15) is 21.7 Å². The summed E-state index contributed by atoms with van der Waals surface area (Å²) < 4.78 is 5.67. The van der Waals surface area contributed by atoms with Crippen LogP contribution in [0.3, 0.4) is 0 Å². The fraction of sp³-hybridized carbons (Fsp3) is 0.200. The maximum Gasteiger partial charge on any atom is 0.273 e. The first kappa shape index (κ1) is 15.6. The van der Waals surface area contributed by atoms with Crippen LogP contribution < -0.4 is 5.32 Å². The zero-order chi connectivity index (χ0) is 16.4. The molecule has 1 amide bonds. The van der Waals surface area contributed by atoms with E-state index in [1.54, 1.807) is 23.0 Å². The Kier molecular flexibility index (Phi) is 4.40. The molecule has 6 nitrogen and oxygen atoms in total. The third-order valence-corrected chi connectivity index (χ3v) is 4.61. The Hall–Kier alpha value is -2.25. The Balaban J connectivity index is 1.77. The highest BCUT2D eigenvalue weighted by molar-refractivity contribution is 7.09. The SMILES string of the molecule is Cc1c(CNC(=O)c2nnsc2-c2ccc(Cl)cc2)cnn1C. The normalized spacial score (nSPS) is 10.7. The fourth-order valence-corrected chi connectivity index (χ4v) is 2.90. The van der Waals surface area contributed by atoms with Gasteiger partial charge in [0.25, 0.3) is 5.91 Å². The number of nitrogens with one attached hydrogen (secondary N) is 1. The van der Waals surface area contributed by atoms with Gasteiger partial charge in [-0.2, -0.15) is 5.10 Å². The van der Waals surface area contributed by atoms with E-state index >= 15 is 0 Å². The molecule has 0 aliphatic carbocycles. The Bertz CT molecular complexity index is 840. The molecule has 0 radical (unpaired) electrons. The molecule has 0 fully saturated rings. The lowest BCUT2D eigenvalue weighted by atomic mass is 10.1. The molecule has 0 saturated heterocycles. The van der Waals surface area contributed by atoms with E-state index in [9.17, 15) is 4.79 Å². The first-order chi connectivity index (χ1) is 11.1. The number of benzene rings is 1. The molecule has 3 rings (SSSR count). The first-order valence-corrected chi connectivity index (χ1v) is 8.05. The van der Waals surface area contributed by atoms with Crippen molar-refractivity contribution in [1.82, 2.24) is 24.7 Å². The Morgan fingerprint density at radius 2 is 2.09 bits per heavy atom. The molecule has 0 bridgehead atoms. The molecule has 118 valence electrons. The molecule has 3 aromatic rings. The highest BCUT2D eigenvalue weighted by atomic mass is 35.5. The van der Waals surface area contributed by atoms with Gasteiger partial charge in [0.2, 0.25) is 0 Å². The van der Waals surface area contributed by atoms with Crippen LogP contribution in [0.15, 0.2) is 30.5 Å². The third kappa shape index (κ3) is 3.25. The monoisotopic (exact) mass is 347 g/mol. The minimum Gasteiger partial charge on any atom is -0.346 e. The number of amides is 1. The topological polar surface area (TPSA) is 72.7 Å². The van der Waals surface area contributed by atoms with Crippen molar-refractivity contribution in [3.8, 4) is 10.4 Å². The van der Waals surface area contributed by atoms with Crippen molar-refractivity contribution >= 4 is 29.0 Å². The van der Waals surface area contributed by atoms with Gasteiger partial charge in [-0.15, -0.1) is 5.10 Å². The number of carbonyl (C=O) groups is 1. The molecular weight excluding hydrogens is 334 g/mol. The second-order valence-electron chi connectivity index (χ2n) is 5.02. The molecule has 2 aromatic heterocycles. The van der Waals surface area contributed by atoms with Gasteiger partial charge in [-0.25, -0.2) is 0 Å². The van der Waals surface area contributed by atoms with Crippen LogP contribution in [-0.2, 0) is 13.6 Å². The van der Waals surface area contributed by atoms with Gasteiger partial charge in [-0.05, 0) is 36.2 Å². The van der Waals surface area contributed by atoms with Crippen molar-refractivity contribution in [2.75, 3.05) is 0 Å². The van der Waals surface area contributed by atoms with Crippen molar-refractivity contribution in [1.29, 1.82) is 0 Å². The molecule has 0 atom stereocenters. The number of aryl methyl sites for hydroxylation is 1. The lowest BCUT2D eigenvalue weighted by Crippen LogP contribution is -2.24. The van der Waals surface area contributed by atoms with Crippen molar-refractivity contribution in [2.45, 2.75) is 13.5 Å². The quantitative estimate of drug-likeness (QED) is 0.787. The van der Waals surface area contributed by atoms with Gasteiger partial charge < -0.3 is 5.32 Å². The summed E-state index contributed by atoms with van der Waals surface area (Å²) in [6, 6.07) is 7.24. The minimum absolute atomic E-state index is 0.257. The third-order valence-electron chi connectivity index (χ3n) is 3.59. The molecule has 0 spiro atoms. The molecule has 1 N–H and O–H groups in total. The molecular formula is C15H14ClN5OS. The van der Waals surface area contributed by atoms with E-state index in [1.165, 1.54) is 11.5 Å². The lowest BCUT2D eigenvalue weighted by molar-refractivity contribution is 0.0946. The van der Waals surface area contributed by atoms with Crippen LogP contribution in [0.2, 0.25) is 5.02 Å². The van der Waals surface area contributed by atoms with Crippen molar-refractivity contribution in [3.63, 3.8) is 0 Å². The number of hydrogen-bond donors (Lipinski definition) is 1. The largest absolute Gasteiger partial charge is 0.346 e. The van der Waals surface area contributed by atoms with Gasteiger partial charge in [0.15, 0.2) is 5.69 Å². The molecule has 8 heteroatoms. The second kappa shape index (κ2) is 6.47. The molecule has 2 heterocycles. The summed E-state index contributed by atoms with van der Waals surface area (Å²) in [5.74, 6) is -0.257. The predicted octanol–water partition coefficient (Wildman–Crippen LogP) is 2.83. The zero-order valence-corrected chi connectivity index (χ0v) is 14.1. The van der Waals surface area contributed by atoms with E-state index in [0.29, 0.717) is 17.3 Å². The van der Waals surface area contributed by atoms with E-state index in [0.717, 1.165) is 21.7 Å².